The highest BCUT2D eigenvalue weighted by molar-refractivity contribution is 7.90. The number of urea groups is 1. The van der Waals surface area contributed by atoms with Gasteiger partial charge in [-0.1, -0.05) is 12.1 Å². The lowest BCUT2D eigenvalue weighted by Crippen LogP contribution is -2.36. The molecule has 2 aromatic heterocycles. The summed E-state index contributed by atoms with van der Waals surface area (Å²) < 4.78 is 56.8. The molecule has 0 saturated carbocycles. The zero-order chi connectivity index (χ0) is 43.4. The molecule has 4 aliphatic rings. The third-order valence-electron chi connectivity index (χ3n) is 11.0. The molecule has 8 rings (SSSR count). The van der Waals surface area contributed by atoms with Crippen LogP contribution in [0.2, 0.25) is 0 Å². The number of aromatic nitrogens is 2. The molecule has 16 nitrogen and oxygen atoms in total. The van der Waals surface area contributed by atoms with Crippen molar-refractivity contribution in [2.24, 2.45) is 5.14 Å². The number of amides is 2. The number of nitrogens with one attached hydrogen (secondary N) is 2. The molecular formula is C42H50N6O10S2. The van der Waals surface area contributed by atoms with Gasteiger partial charge in [-0.05, 0) is 148 Å². The van der Waals surface area contributed by atoms with E-state index in [0.717, 1.165) is 133 Å². The number of aliphatic hydroxyl groups is 2. The highest BCUT2D eigenvalue weighted by Crippen LogP contribution is 2.40. The van der Waals surface area contributed by atoms with Crippen molar-refractivity contribution in [3.8, 4) is 12.0 Å². The first-order valence-corrected chi connectivity index (χ1v) is 23.0. The second-order valence-electron chi connectivity index (χ2n) is 15.6. The number of nitrogens with zero attached hydrogens (tertiary/aromatic N) is 3. The Kier molecular flexibility index (Phi) is 13.7. The first-order chi connectivity index (χ1) is 28.4. The molecule has 18 heteroatoms. The van der Waals surface area contributed by atoms with Crippen molar-refractivity contribution in [2.45, 2.75) is 126 Å². The molecule has 4 aromatic rings. The van der Waals surface area contributed by atoms with Crippen LogP contribution in [-0.2, 0) is 84.5 Å². The predicted octanol–water partition coefficient (Wildman–Crippen LogP) is 3.12. The van der Waals surface area contributed by atoms with Crippen LogP contribution < -0.4 is 31.0 Å². The van der Waals surface area contributed by atoms with E-state index < -0.39 is 43.8 Å². The number of carbonyl (C=O) groups is 1. The molecule has 4 aliphatic carbocycles. The highest BCUT2D eigenvalue weighted by Gasteiger charge is 2.28. The number of sulfonamides is 2. The third kappa shape index (κ3) is 10.3. The number of benzene rings is 2. The summed E-state index contributed by atoms with van der Waals surface area (Å²) in [6.45, 7) is 2.98. The third-order valence-corrected chi connectivity index (χ3v) is 13.2. The number of nitriles is 1. The molecule has 0 unspecified atom stereocenters. The number of anilines is 1. The zero-order valence-electron chi connectivity index (χ0n) is 33.6. The molecule has 320 valence electrons. The van der Waals surface area contributed by atoms with E-state index in [1.807, 2.05) is 11.0 Å². The van der Waals surface area contributed by atoms with Gasteiger partial charge < -0.3 is 29.4 Å². The van der Waals surface area contributed by atoms with Gasteiger partial charge in [0, 0.05) is 30.2 Å². The van der Waals surface area contributed by atoms with Gasteiger partial charge in [0.05, 0.1) is 30.2 Å². The van der Waals surface area contributed by atoms with Crippen molar-refractivity contribution in [3.63, 3.8) is 0 Å². The van der Waals surface area contributed by atoms with Crippen LogP contribution in [0.15, 0.2) is 68.2 Å². The van der Waals surface area contributed by atoms with E-state index in [1.54, 1.807) is 0 Å². The maximum atomic E-state index is 12.7. The maximum Gasteiger partial charge on any atom is 0.333 e. The average Bonchev–Trinajstić information content (AvgIpc) is 4.01. The van der Waals surface area contributed by atoms with Crippen LogP contribution in [0.1, 0.15) is 84.0 Å². The number of pyridine rings is 2. The fourth-order valence-corrected chi connectivity index (χ4v) is 9.88. The Balaban J connectivity index is 0.000000168. The van der Waals surface area contributed by atoms with Crippen LogP contribution in [0.3, 0.4) is 0 Å². The molecule has 0 saturated heterocycles. The van der Waals surface area contributed by atoms with Crippen molar-refractivity contribution >= 4 is 31.8 Å². The molecule has 60 heavy (non-hydrogen) atoms. The van der Waals surface area contributed by atoms with Gasteiger partial charge in [0.1, 0.15) is 10.6 Å². The number of fused-ring (bicyclic) bond motifs is 4. The number of aliphatic hydroxyl groups excluding tert-OH is 2. The smallest absolute Gasteiger partial charge is 0.333 e. The quantitative estimate of drug-likeness (QED) is 0.153. The number of ether oxygens (including phenoxy) is 1. The molecule has 2 amide bonds. The Morgan fingerprint density at radius 2 is 1.15 bits per heavy atom. The number of rotatable bonds is 9. The molecule has 2 atom stereocenters. The molecule has 0 radical (unpaired) electrons. The van der Waals surface area contributed by atoms with E-state index >= 15 is 0 Å². The summed E-state index contributed by atoms with van der Waals surface area (Å²) in [7, 11) is -8.01. The van der Waals surface area contributed by atoms with E-state index in [9.17, 15) is 36.3 Å². The van der Waals surface area contributed by atoms with E-state index in [1.165, 1.54) is 60.1 Å². The number of hydrogen-bond donors (Lipinski definition) is 5. The number of carbonyl (C=O) groups excluding carboxylic acids is 1. The summed E-state index contributed by atoms with van der Waals surface area (Å²) in [5, 5.41) is 35.0. The molecular weight excluding hydrogens is 813 g/mol. The summed E-state index contributed by atoms with van der Waals surface area (Å²) in [6, 6.07) is 8.24. The van der Waals surface area contributed by atoms with E-state index in [0.29, 0.717) is 0 Å². The lowest BCUT2D eigenvalue weighted by molar-refractivity contribution is 0.171. The van der Waals surface area contributed by atoms with E-state index in [4.69, 9.17) is 20.2 Å². The van der Waals surface area contributed by atoms with E-state index in [2.05, 4.69) is 17.4 Å². The lowest BCUT2D eigenvalue weighted by atomic mass is 9.99. The minimum atomic E-state index is -4.19. The van der Waals surface area contributed by atoms with Gasteiger partial charge >= 0.3 is 6.03 Å². The molecule has 0 aliphatic heterocycles. The van der Waals surface area contributed by atoms with Gasteiger partial charge in [0.15, 0.2) is 0 Å². The second-order valence-corrected chi connectivity index (χ2v) is 18.9. The normalized spacial score (nSPS) is 15.7. The Labute approximate surface area is 348 Å². The Hall–Kier alpha value is -5.32. The van der Waals surface area contributed by atoms with Gasteiger partial charge in [-0.25, -0.2) is 31.5 Å². The predicted molar refractivity (Wildman–Crippen MR) is 223 cm³/mol. The van der Waals surface area contributed by atoms with Crippen LogP contribution in [0, 0.1) is 11.5 Å². The van der Waals surface area contributed by atoms with Crippen molar-refractivity contribution in [1.82, 2.24) is 13.9 Å². The van der Waals surface area contributed by atoms with Crippen molar-refractivity contribution in [2.75, 3.05) is 5.32 Å². The SMILES string of the molecule is C[C@@H](O)Cn1cc(S(=O)(=O)NC(=O)Nc2c3c(cc4c2CCC4)CCC3)ccc1=O.C[C@@H](O)Cn1cc(S(N)(=O)=O)ccc1=O.N#COc1c2c(cc3c1CCC3)CCC2. The van der Waals surface area contributed by atoms with Crippen LogP contribution in [-0.4, -0.2) is 54.4 Å². The molecule has 0 bridgehead atoms. The Bertz CT molecular complexity index is 2620. The molecule has 6 N–H and O–H groups in total. The largest absolute Gasteiger partial charge is 0.392 e. The number of hydrogen-bond acceptors (Lipinski definition) is 11. The summed E-state index contributed by atoms with van der Waals surface area (Å²) in [5.41, 5.74) is 10.1. The monoisotopic (exact) mass is 862 g/mol. The van der Waals surface area contributed by atoms with Crippen molar-refractivity contribution in [3.05, 3.63) is 114 Å². The summed E-state index contributed by atoms with van der Waals surface area (Å²) in [5.74, 6) is 0.903. The first-order valence-electron chi connectivity index (χ1n) is 20.0. The topological polar surface area (TPSA) is 253 Å². The minimum absolute atomic E-state index is 0.0300. The summed E-state index contributed by atoms with van der Waals surface area (Å²) in [6.07, 6.45) is 15.2. The van der Waals surface area contributed by atoms with Crippen molar-refractivity contribution in [1.29, 1.82) is 5.26 Å². The van der Waals surface area contributed by atoms with Gasteiger partial charge in [-0.2, -0.15) is 0 Å². The Morgan fingerprint density at radius 3 is 1.58 bits per heavy atom. The fraction of sp³-hybridized carbons (Fsp3) is 0.429. The van der Waals surface area contributed by atoms with Gasteiger partial charge in [-0.3, -0.25) is 9.59 Å². The minimum Gasteiger partial charge on any atom is -0.392 e. The van der Waals surface area contributed by atoms with Crippen LogP contribution >= 0.6 is 0 Å². The molecule has 2 heterocycles. The second kappa shape index (κ2) is 18.5. The Morgan fingerprint density at radius 1 is 0.733 bits per heavy atom. The first kappa shape index (κ1) is 44.2. The number of primary sulfonamides is 1. The molecule has 0 fully saturated rings. The van der Waals surface area contributed by atoms with Gasteiger partial charge in [0.25, 0.3) is 27.4 Å². The van der Waals surface area contributed by atoms with E-state index in [-0.39, 0.29) is 28.4 Å². The number of nitrogens with two attached hydrogens (primary N) is 1. The van der Waals surface area contributed by atoms with Crippen molar-refractivity contribution < 1.29 is 36.6 Å². The van der Waals surface area contributed by atoms with Crippen LogP contribution in [0.25, 0.3) is 0 Å². The summed E-state index contributed by atoms with van der Waals surface area (Å²) >= 11 is 0. The maximum absolute atomic E-state index is 12.7. The van der Waals surface area contributed by atoms with Crippen LogP contribution in [0.5, 0.6) is 5.75 Å². The van der Waals surface area contributed by atoms with Gasteiger partial charge in [0.2, 0.25) is 10.0 Å². The fourth-order valence-electron chi connectivity index (χ4n) is 8.42. The standard InChI is InChI=1S/C21H25N3O5S.C13H13NO.C8H12N2O4S/c1-13(25)11-24-12-16(8-9-19(24)26)30(28,29)23-21(27)22-20-17-6-2-4-14(17)10-15-5-3-7-18(15)20;14-8-15-13-11-5-1-3-9(11)7-10-4-2-6-12(10)13;1-6(11)4-10-5-7(15(9,13)14)2-3-8(10)12/h8-10,12-13,25H,2-7,11H2,1H3,(H2,22,23,27);7H,1-6H2;2-3,5-6,11H,4H2,1H3,(H2,9,13,14)/t13-;;6-/m1.1/s1. The number of aryl methyl sites for hydroxylation is 4. The highest BCUT2D eigenvalue weighted by atomic mass is 32.2. The van der Waals surface area contributed by atoms with Crippen LogP contribution in [0.4, 0.5) is 10.5 Å². The zero-order valence-corrected chi connectivity index (χ0v) is 35.2. The molecule has 0 spiro atoms. The summed E-state index contributed by atoms with van der Waals surface area (Å²) in [4.78, 5) is 35.4. The average molecular weight is 863 g/mol. The van der Waals surface area contributed by atoms with Gasteiger partial charge in [-0.15, -0.1) is 5.26 Å². The molecule has 2 aromatic carbocycles. The lowest BCUT2D eigenvalue weighted by Gasteiger charge is -2.17.